The Morgan fingerprint density at radius 1 is 1.47 bits per heavy atom. The first-order chi connectivity index (χ1) is 8.16. The van der Waals surface area contributed by atoms with Gasteiger partial charge in [-0.15, -0.1) is 0 Å². The van der Waals surface area contributed by atoms with E-state index in [1.807, 2.05) is 10.2 Å². The van der Waals surface area contributed by atoms with E-state index >= 15 is 0 Å². The van der Waals surface area contributed by atoms with Crippen molar-refractivity contribution < 1.29 is 14.9 Å². The average Bonchev–Trinajstić information content (AvgIpc) is 2.33. The van der Waals surface area contributed by atoms with E-state index in [9.17, 15) is 9.59 Å². The zero-order valence-electron chi connectivity index (χ0n) is 10.4. The highest BCUT2D eigenvalue weighted by Gasteiger charge is 2.30. The van der Waals surface area contributed by atoms with Gasteiger partial charge in [0.05, 0.1) is 19.5 Å². The average molecular weight is 240 g/mol. The van der Waals surface area contributed by atoms with E-state index in [-0.39, 0.29) is 17.9 Å². The number of nitrogens with one attached hydrogen (secondary N) is 1. The number of amides is 2. The van der Waals surface area contributed by atoms with Gasteiger partial charge < -0.3 is 15.5 Å². The largest absolute Gasteiger partial charge is 0.345 e. The molecule has 2 aliphatic rings. The number of nitrogens with two attached hydrogens (primary N) is 1. The van der Waals surface area contributed by atoms with Crippen LogP contribution >= 0.6 is 0 Å². The Bertz CT molecular complexity index is 298. The maximum Gasteiger partial charge on any atom is 0.278 e. The molecule has 0 aromatic carbocycles. The van der Waals surface area contributed by atoms with Crippen LogP contribution in [0.2, 0.25) is 0 Å². The van der Waals surface area contributed by atoms with E-state index in [0.29, 0.717) is 13.0 Å². The predicted molar refractivity (Wildman–Crippen MR) is 63.2 cm³/mol. The van der Waals surface area contributed by atoms with Gasteiger partial charge in [-0.05, 0) is 18.8 Å². The topological polar surface area (TPSA) is 66.0 Å². The van der Waals surface area contributed by atoms with Crippen LogP contribution in [-0.2, 0) is 9.59 Å². The summed E-state index contributed by atoms with van der Waals surface area (Å²) in [4.78, 5) is 25.5. The predicted octanol–water partition coefficient (Wildman–Crippen LogP) is -1.30. The van der Waals surface area contributed by atoms with Crippen molar-refractivity contribution in [1.82, 2.24) is 10.2 Å². The Balaban J connectivity index is 1.82. The van der Waals surface area contributed by atoms with Crippen LogP contribution in [0, 0.1) is 5.92 Å². The first-order valence-corrected chi connectivity index (χ1v) is 6.55. The molecule has 96 valence electrons. The van der Waals surface area contributed by atoms with Crippen LogP contribution in [0.5, 0.6) is 0 Å². The molecule has 0 radical (unpaired) electrons. The molecule has 5 heteroatoms. The summed E-state index contributed by atoms with van der Waals surface area (Å²) < 4.78 is 0. The van der Waals surface area contributed by atoms with Crippen LogP contribution < -0.4 is 10.6 Å². The first-order valence-electron chi connectivity index (χ1n) is 6.55. The van der Waals surface area contributed by atoms with Crippen molar-refractivity contribution in [3.05, 3.63) is 0 Å². The Morgan fingerprint density at radius 2 is 2.18 bits per heavy atom. The highest BCUT2D eigenvalue weighted by molar-refractivity contribution is 5.87. The minimum absolute atomic E-state index is 0.00924. The summed E-state index contributed by atoms with van der Waals surface area (Å²) in [6, 6.07) is -0.212. The Hall–Kier alpha value is -1.10. The summed E-state index contributed by atoms with van der Waals surface area (Å²) in [7, 11) is 0. The number of piperazine rings is 1. The number of carbonyl (C=O) groups is 2. The summed E-state index contributed by atoms with van der Waals surface area (Å²) in [5, 5.41) is 4.78. The minimum Gasteiger partial charge on any atom is -0.345 e. The molecule has 17 heavy (non-hydrogen) atoms. The van der Waals surface area contributed by atoms with Crippen molar-refractivity contribution in [2.75, 3.05) is 26.2 Å². The van der Waals surface area contributed by atoms with Gasteiger partial charge in [-0.2, -0.15) is 0 Å². The van der Waals surface area contributed by atoms with Crippen molar-refractivity contribution in [3.63, 3.8) is 0 Å². The lowest BCUT2D eigenvalue weighted by atomic mass is 9.98. The highest BCUT2D eigenvalue weighted by Crippen LogP contribution is 2.16. The lowest BCUT2D eigenvalue weighted by Crippen LogP contribution is -2.96. The van der Waals surface area contributed by atoms with E-state index in [4.69, 9.17) is 0 Å². The number of carbonyl (C=O) groups excluding carboxylic acids is 2. The van der Waals surface area contributed by atoms with Crippen molar-refractivity contribution in [2.45, 2.75) is 32.2 Å². The first kappa shape index (κ1) is 12.4. The second kappa shape index (κ2) is 5.49. The van der Waals surface area contributed by atoms with Gasteiger partial charge in [0.25, 0.3) is 5.91 Å². The van der Waals surface area contributed by atoms with Crippen molar-refractivity contribution in [2.24, 2.45) is 5.92 Å². The van der Waals surface area contributed by atoms with Crippen LogP contribution in [0.3, 0.4) is 0 Å². The van der Waals surface area contributed by atoms with Gasteiger partial charge in [0.15, 0.2) is 6.04 Å². The number of rotatable bonds is 2. The maximum atomic E-state index is 12.0. The lowest BCUT2D eigenvalue weighted by Gasteiger charge is -2.31. The van der Waals surface area contributed by atoms with Gasteiger partial charge in [0.1, 0.15) is 0 Å². The molecule has 0 aromatic rings. The summed E-state index contributed by atoms with van der Waals surface area (Å²) >= 11 is 0. The highest BCUT2D eigenvalue weighted by atomic mass is 16.2. The van der Waals surface area contributed by atoms with Gasteiger partial charge in [-0.3, -0.25) is 9.59 Å². The molecule has 0 unspecified atom stereocenters. The molecule has 0 aromatic heterocycles. The number of nitrogens with zero attached hydrogens (tertiary/aromatic N) is 1. The summed E-state index contributed by atoms with van der Waals surface area (Å²) in [5.74, 6) is 0.869. The molecule has 0 aliphatic carbocycles. The Morgan fingerprint density at radius 3 is 2.82 bits per heavy atom. The van der Waals surface area contributed by atoms with Crippen molar-refractivity contribution in [1.29, 1.82) is 0 Å². The summed E-state index contributed by atoms with van der Waals surface area (Å²) in [6.07, 6.45) is 2.53. The third kappa shape index (κ3) is 3.19. The van der Waals surface area contributed by atoms with Crippen LogP contribution in [0.15, 0.2) is 0 Å². The fourth-order valence-corrected chi connectivity index (χ4v) is 2.47. The zero-order valence-corrected chi connectivity index (χ0v) is 10.4. The molecule has 2 aliphatic heterocycles. The van der Waals surface area contributed by atoms with Crippen molar-refractivity contribution in [3.8, 4) is 0 Å². The molecule has 5 nitrogen and oxygen atoms in total. The maximum absolute atomic E-state index is 12.0. The van der Waals surface area contributed by atoms with Gasteiger partial charge in [0, 0.05) is 13.1 Å². The Labute approximate surface area is 102 Å². The molecule has 2 heterocycles. The quantitative estimate of drug-likeness (QED) is 0.630. The summed E-state index contributed by atoms with van der Waals surface area (Å²) in [5.41, 5.74) is 0. The molecule has 1 atom stereocenters. The van der Waals surface area contributed by atoms with Gasteiger partial charge in [-0.1, -0.05) is 6.92 Å². The van der Waals surface area contributed by atoms with Gasteiger partial charge >= 0.3 is 0 Å². The summed E-state index contributed by atoms with van der Waals surface area (Å²) in [6.45, 7) is 5.53. The SMILES string of the molecule is CC1CCN(C(=O)C[C@H]2[NH2+]CCNC2=O)CC1. The molecule has 2 rings (SSSR count). The number of piperidine rings is 1. The molecule has 0 saturated carbocycles. The standard InChI is InChI=1S/C12H21N3O2/c1-9-2-6-15(7-3-9)11(16)8-10-12(17)14-5-4-13-10/h9-10,13H,2-8H2,1H3,(H,14,17)/p+1/t10-/m1/s1. The van der Waals surface area contributed by atoms with E-state index in [2.05, 4.69) is 12.2 Å². The third-order valence-electron chi connectivity index (χ3n) is 3.76. The van der Waals surface area contributed by atoms with Crippen molar-refractivity contribution >= 4 is 11.8 Å². The number of hydrogen-bond donors (Lipinski definition) is 2. The minimum atomic E-state index is -0.212. The van der Waals surface area contributed by atoms with E-state index in [1.54, 1.807) is 0 Å². The van der Waals surface area contributed by atoms with E-state index < -0.39 is 0 Å². The Kier molecular flexibility index (Phi) is 3.99. The fraction of sp³-hybridized carbons (Fsp3) is 0.833. The van der Waals surface area contributed by atoms with Crippen LogP contribution in [-0.4, -0.2) is 48.9 Å². The molecule has 3 N–H and O–H groups in total. The lowest BCUT2D eigenvalue weighted by molar-refractivity contribution is -0.678. The van der Waals surface area contributed by atoms with Crippen LogP contribution in [0.1, 0.15) is 26.2 Å². The number of likely N-dealkylation sites (tertiary alicyclic amines) is 1. The molecular weight excluding hydrogens is 218 g/mol. The molecule has 0 bridgehead atoms. The number of hydrogen-bond acceptors (Lipinski definition) is 2. The second-order valence-electron chi connectivity index (χ2n) is 5.19. The second-order valence-corrected chi connectivity index (χ2v) is 5.19. The van der Waals surface area contributed by atoms with E-state index in [1.165, 1.54) is 0 Å². The van der Waals surface area contributed by atoms with Gasteiger partial charge in [-0.25, -0.2) is 0 Å². The normalized spacial score (nSPS) is 26.8. The molecule has 2 fully saturated rings. The molecule has 2 amide bonds. The molecule has 2 saturated heterocycles. The fourth-order valence-electron chi connectivity index (χ4n) is 2.47. The third-order valence-corrected chi connectivity index (χ3v) is 3.76. The molecular formula is C12H22N3O2+. The zero-order chi connectivity index (χ0) is 12.3. The monoisotopic (exact) mass is 240 g/mol. The molecule has 0 spiro atoms. The van der Waals surface area contributed by atoms with Gasteiger partial charge in [0.2, 0.25) is 5.91 Å². The number of quaternary nitrogens is 1. The van der Waals surface area contributed by atoms with E-state index in [0.717, 1.165) is 38.4 Å². The smallest absolute Gasteiger partial charge is 0.278 e. The van der Waals surface area contributed by atoms with Crippen LogP contribution in [0.4, 0.5) is 0 Å². The van der Waals surface area contributed by atoms with Crippen LogP contribution in [0.25, 0.3) is 0 Å².